The summed E-state index contributed by atoms with van der Waals surface area (Å²) in [6.07, 6.45) is 1.09. The van der Waals surface area contributed by atoms with Crippen LogP contribution in [-0.4, -0.2) is 29.1 Å². The van der Waals surface area contributed by atoms with Crippen molar-refractivity contribution in [2.45, 2.75) is 39.8 Å². The summed E-state index contributed by atoms with van der Waals surface area (Å²) >= 11 is 1.59. The van der Waals surface area contributed by atoms with Gasteiger partial charge >= 0.3 is 6.03 Å². The molecule has 0 radical (unpaired) electrons. The first-order valence-corrected chi connectivity index (χ1v) is 8.55. The van der Waals surface area contributed by atoms with Crippen molar-refractivity contribution in [3.05, 3.63) is 40.3 Å². The Morgan fingerprint density at radius 2 is 2.26 bits per heavy atom. The molecule has 0 fully saturated rings. The average Bonchev–Trinajstić information content (AvgIpc) is 2.92. The Kier molecular flexibility index (Phi) is 5.98. The fourth-order valence-electron chi connectivity index (χ4n) is 1.98. The normalized spacial score (nSPS) is 11.8. The van der Waals surface area contributed by atoms with Gasteiger partial charge in [-0.05, 0) is 32.4 Å². The zero-order valence-corrected chi connectivity index (χ0v) is 14.8. The van der Waals surface area contributed by atoms with Crippen molar-refractivity contribution < 1.29 is 9.53 Å². The number of nitrogens with zero attached hydrogens (tertiary/aromatic N) is 2. The minimum Gasteiger partial charge on any atom is -0.491 e. The minimum absolute atomic E-state index is 0.150. The number of rotatable bonds is 6. The van der Waals surface area contributed by atoms with Crippen LogP contribution in [0, 0.1) is 6.92 Å². The topological polar surface area (TPSA) is 54.5 Å². The summed E-state index contributed by atoms with van der Waals surface area (Å²) in [6, 6.07) is 7.28. The summed E-state index contributed by atoms with van der Waals surface area (Å²) < 4.78 is 5.77. The number of nitrogens with one attached hydrogen (secondary N) is 1. The van der Waals surface area contributed by atoms with Crippen molar-refractivity contribution in [1.29, 1.82) is 0 Å². The second-order valence-corrected chi connectivity index (χ2v) is 6.57. The van der Waals surface area contributed by atoms with Gasteiger partial charge < -0.3 is 15.0 Å². The van der Waals surface area contributed by atoms with Crippen LogP contribution < -0.4 is 10.1 Å². The number of hydrogen-bond acceptors (Lipinski definition) is 4. The van der Waals surface area contributed by atoms with Crippen LogP contribution in [0.2, 0.25) is 0 Å². The molecule has 0 aliphatic carbocycles. The van der Waals surface area contributed by atoms with E-state index in [1.807, 2.05) is 43.5 Å². The zero-order chi connectivity index (χ0) is 16.8. The largest absolute Gasteiger partial charge is 0.491 e. The van der Waals surface area contributed by atoms with Crippen molar-refractivity contribution in [2.24, 2.45) is 0 Å². The van der Waals surface area contributed by atoms with Gasteiger partial charge in [-0.25, -0.2) is 9.78 Å². The molecule has 23 heavy (non-hydrogen) atoms. The van der Waals surface area contributed by atoms with Crippen LogP contribution in [0.3, 0.4) is 0 Å². The molecular formula is C17H23N3O2S. The third-order valence-corrected chi connectivity index (χ3v) is 4.23. The molecule has 124 valence electrons. The number of benzene rings is 1. The van der Waals surface area contributed by atoms with E-state index in [2.05, 4.69) is 17.2 Å². The Bertz CT molecular complexity index is 657. The second kappa shape index (κ2) is 7.97. The molecule has 6 heteroatoms. The molecule has 0 saturated carbocycles. The number of amides is 2. The predicted molar refractivity (Wildman–Crippen MR) is 94.2 cm³/mol. The van der Waals surface area contributed by atoms with E-state index in [9.17, 15) is 4.79 Å². The third-order valence-electron chi connectivity index (χ3n) is 3.41. The Hall–Kier alpha value is -2.08. The number of aromatic nitrogens is 1. The van der Waals surface area contributed by atoms with Crippen LogP contribution in [0.5, 0.6) is 5.75 Å². The fraction of sp³-hybridized carbons (Fsp3) is 0.412. The molecule has 0 spiro atoms. The highest BCUT2D eigenvalue weighted by Gasteiger charge is 2.11. The molecule has 2 aromatic rings. The van der Waals surface area contributed by atoms with Crippen molar-refractivity contribution in [2.75, 3.05) is 12.4 Å². The number of hydrogen-bond donors (Lipinski definition) is 1. The van der Waals surface area contributed by atoms with E-state index in [1.165, 1.54) is 0 Å². The fourth-order valence-corrected chi connectivity index (χ4v) is 2.58. The predicted octanol–water partition coefficient (Wildman–Crippen LogP) is 4.29. The maximum absolute atomic E-state index is 12.3. The van der Waals surface area contributed by atoms with Gasteiger partial charge in [-0.2, -0.15) is 0 Å². The van der Waals surface area contributed by atoms with E-state index in [4.69, 9.17) is 4.74 Å². The standard InChI is InChI=1S/C17H23N3O2S/c1-5-12(2)22-16-8-6-7-14(9-16)19-17(21)20(4)10-15-11-23-13(3)18-15/h6-9,11-12H,5,10H2,1-4H3,(H,19,21)/t12-/m0/s1. The molecule has 1 atom stereocenters. The van der Waals surface area contributed by atoms with Crippen LogP contribution >= 0.6 is 11.3 Å². The number of anilines is 1. The van der Waals surface area contributed by atoms with E-state index in [0.29, 0.717) is 6.54 Å². The molecule has 0 aliphatic rings. The lowest BCUT2D eigenvalue weighted by Gasteiger charge is -2.18. The van der Waals surface area contributed by atoms with E-state index in [-0.39, 0.29) is 12.1 Å². The molecule has 1 N–H and O–H groups in total. The number of urea groups is 1. The van der Waals surface area contributed by atoms with Gasteiger partial charge in [0.2, 0.25) is 0 Å². The molecule has 0 saturated heterocycles. The van der Waals surface area contributed by atoms with Crippen molar-refractivity contribution >= 4 is 23.1 Å². The molecule has 2 rings (SSSR count). The van der Waals surface area contributed by atoms with Gasteiger partial charge in [-0.15, -0.1) is 11.3 Å². The lowest BCUT2D eigenvalue weighted by Crippen LogP contribution is -2.30. The summed E-state index contributed by atoms with van der Waals surface area (Å²) in [5.41, 5.74) is 1.62. The first-order chi connectivity index (χ1) is 11.0. The molecule has 2 amide bonds. The molecule has 1 aromatic carbocycles. The highest BCUT2D eigenvalue weighted by atomic mass is 32.1. The number of carbonyl (C=O) groups excluding carboxylic acids is 1. The van der Waals surface area contributed by atoms with Gasteiger partial charge in [0.25, 0.3) is 0 Å². The Morgan fingerprint density at radius 3 is 2.91 bits per heavy atom. The van der Waals surface area contributed by atoms with Crippen LogP contribution in [0.1, 0.15) is 31.0 Å². The number of thiazole rings is 1. The maximum Gasteiger partial charge on any atom is 0.321 e. The van der Waals surface area contributed by atoms with Crippen molar-refractivity contribution in [1.82, 2.24) is 9.88 Å². The molecular weight excluding hydrogens is 310 g/mol. The van der Waals surface area contributed by atoms with Gasteiger partial charge in [-0.1, -0.05) is 13.0 Å². The number of ether oxygens (including phenoxy) is 1. The molecule has 1 aromatic heterocycles. The van der Waals surface area contributed by atoms with E-state index >= 15 is 0 Å². The van der Waals surface area contributed by atoms with Gasteiger partial charge in [-0.3, -0.25) is 0 Å². The first-order valence-electron chi connectivity index (χ1n) is 7.67. The summed E-state index contributed by atoms with van der Waals surface area (Å²) in [5.74, 6) is 0.759. The summed E-state index contributed by atoms with van der Waals surface area (Å²) in [4.78, 5) is 18.2. The van der Waals surface area contributed by atoms with Crippen molar-refractivity contribution in [3.63, 3.8) is 0 Å². The highest BCUT2D eigenvalue weighted by molar-refractivity contribution is 7.09. The highest BCUT2D eigenvalue weighted by Crippen LogP contribution is 2.20. The lowest BCUT2D eigenvalue weighted by molar-refractivity contribution is 0.217. The summed E-state index contributed by atoms with van der Waals surface area (Å²) in [7, 11) is 1.75. The third kappa shape index (κ3) is 5.25. The van der Waals surface area contributed by atoms with Crippen LogP contribution in [0.25, 0.3) is 0 Å². The zero-order valence-electron chi connectivity index (χ0n) is 14.0. The smallest absolute Gasteiger partial charge is 0.321 e. The summed E-state index contributed by atoms with van der Waals surface area (Å²) in [6.45, 7) is 6.54. The Balaban J connectivity index is 1.95. The van der Waals surface area contributed by atoms with E-state index in [1.54, 1.807) is 23.3 Å². The van der Waals surface area contributed by atoms with Gasteiger partial charge in [0, 0.05) is 24.2 Å². The molecule has 0 unspecified atom stereocenters. The molecule has 0 bridgehead atoms. The van der Waals surface area contributed by atoms with E-state index < -0.39 is 0 Å². The number of aryl methyl sites for hydroxylation is 1. The van der Waals surface area contributed by atoms with Crippen LogP contribution in [-0.2, 0) is 6.54 Å². The average molecular weight is 333 g/mol. The van der Waals surface area contributed by atoms with Gasteiger partial charge in [0.1, 0.15) is 5.75 Å². The maximum atomic E-state index is 12.3. The lowest BCUT2D eigenvalue weighted by atomic mass is 10.3. The Labute approximate surface area is 141 Å². The van der Waals surface area contributed by atoms with Crippen molar-refractivity contribution in [3.8, 4) is 5.75 Å². The second-order valence-electron chi connectivity index (χ2n) is 5.51. The minimum atomic E-state index is -0.170. The number of carbonyl (C=O) groups is 1. The molecule has 5 nitrogen and oxygen atoms in total. The van der Waals surface area contributed by atoms with Gasteiger partial charge in [0.05, 0.1) is 23.4 Å². The van der Waals surface area contributed by atoms with Gasteiger partial charge in [0.15, 0.2) is 0 Å². The van der Waals surface area contributed by atoms with E-state index in [0.717, 1.165) is 28.6 Å². The SMILES string of the molecule is CC[C@H](C)Oc1cccc(NC(=O)N(C)Cc2csc(C)n2)c1. The van der Waals surface area contributed by atoms with Crippen LogP contribution in [0.15, 0.2) is 29.6 Å². The first kappa shape index (κ1) is 17.3. The molecule has 1 heterocycles. The quantitative estimate of drug-likeness (QED) is 0.858. The Morgan fingerprint density at radius 1 is 1.48 bits per heavy atom. The van der Waals surface area contributed by atoms with Crippen LogP contribution in [0.4, 0.5) is 10.5 Å². The summed E-state index contributed by atoms with van der Waals surface area (Å²) in [5, 5.41) is 5.86. The molecule has 0 aliphatic heterocycles. The monoisotopic (exact) mass is 333 g/mol.